The first kappa shape index (κ1) is 15.7. The predicted octanol–water partition coefficient (Wildman–Crippen LogP) is 3.33. The van der Waals surface area contributed by atoms with E-state index in [9.17, 15) is 13.6 Å². The molecule has 22 heavy (non-hydrogen) atoms. The summed E-state index contributed by atoms with van der Waals surface area (Å²) in [6, 6.07) is 8.90. The minimum atomic E-state index is -2.92. The van der Waals surface area contributed by atoms with Gasteiger partial charge in [-0.25, -0.2) is 4.98 Å². The second-order valence-corrected chi connectivity index (χ2v) is 4.18. The van der Waals surface area contributed by atoms with Crippen LogP contribution in [-0.4, -0.2) is 24.1 Å². The van der Waals surface area contributed by atoms with Crippen LogP contribution >= 0.6 is 0 Å². The first-order chi connectivity index (χ1) is 10.6. The molecule has 2 rings (SSSR count). The summed E-state index contributed by atoms with van der Waals surface area (Å²) in [6.07, 6.45) is 1.37. The van der Waals surface area contributed by atoms with Gasteiger partial charge in [0.25, 0.3) is 5.91 Å². The number of hydrogen-bond donors (Lipinski definition) is 1. The van der Waals surface area contributed by atoms with Crippen LogP contribution in [-0.2, 0) is 0 Å². The summed E-state index contributed by atoms with van der Waals surface area (Å²) in [5.41, 5.74) is 0.667. The highest BCUT2D eigenvalue weighted by Crippen LogP contribution is 2.20. The third-order valence-electron chi connectivity index (χ3n) is 2.61. The number of benzene rings is 1. The molecule has 0 aliphatic carbocycles. The lowest BCUT2D eigenvalue weighted by atomic mass is 10.2. The number of pyridine rings is 1. The molecular formula is C15H14F2N2O3. The Balaban J connectivity index is 2.05. The Labute approximate surface area is 125 Å². The van der Waals surface area contributed by atoms with E-state index in [1.54, 1.807) is 18.2 Å². The molecule has 7 heteroatoms. The summed E-state index contributed by atoms with van der Waals surface area (Å²) in [6.45, 7) is -0.604. The van der Waals surface area contributed by atoms with Crippen molar-refractivity contribution in [1.82, 2.24) is 4.98 Å². The number of amides is 1. The van der Waals surface area contributed by atoms with Gasteiger partial charge in [-0.15, -0.1) is 0 Å². The van der Waals surface area contributed by atoms with E-state index < -0.39 is 12.5 Å². The molecule has 5 nitrogen and oxygen atoms in total. The minimum Gasteiger partial charge on any atom is -0.478 e. The van der Waals surface area contributed by atoms with Gasteiger partial charge in [0.05, 0.1) is 12.2 Å². The van der Waals surface area contributed by atoms with Gasteiger partial charge in [-0.05, 0) is 25.1 Å². The maximum Gasteiger partial charge on any atom is 0.387 e. The summed E-state index contributed by atoms with van der Waals surface area (Å²) >= 11 is 0. The van der Waals surface area contributed by atoms with Crippen LogP contribution < -0.4 is 14.8 Å². The third-order valence-corrected chi connectivity index (χ3v) is 2.61. The van der Waals surface area contributed by atoms with Gasteiger partial charge in [-0.3, -0.25) is 4.79 Å². The fourth-order valence-corrected chi connectivity index (χ4v) is 1.70. The number of alkyl halides is 2. The van der Waals surface area contributed by atoms with Gasteiger partial charge in [0.15, 0.2) is 0 Å². The summed E-state index contributed by atoms with van der Waals surface area (Å²) in [4.78, 5) is 16.0. The number of halogens is 2. The lowest BCUT2D eigenvalue weighted by molar-refractivity contribution is -0.0497. The molecule has 1 heterocycles. The zero-order valence-corrected chi connectivity index (χ0v) is 11.8. The zero-order chi connectivity index (χ0) is 15.9. The lowest BCUT2D eigenvalue weighted by Gasteiger charge is -2.08. The number of ether oxygens (including phenoxy) is 2. The van der Waals surface area contributed by atoms with Gasteiger partial charge in [-0.2, -0.15) is 8.78 Å². The Hall–Kier alpha value is -2.70. The summed E-state index contributed by atoms with van der Waals surface area (Å²) in [5.74, 6) is -0.0197. The van der Waals surface area contributed by atoms with E-state index in [-0.39, 0.29) is 5.75 Å². The van der Waals surface area contributed by atoms with Crippen molar-refractivity contribution in [1.29, 1.82) is 0 Å². The van der Waals surface area contributed by atoms with E-state index in [1.807, 2.05) is 6.92 Å². The van der Waals surface area contributed by atoms with E-state index in [1.165, 1.54) is 24.4 Å². The Morgan fingerprint density at radius 3 is 2.77 bits per heavy atom. The Kier molecular flexibility index (Phi) is 5.24. The molecule has 0 radical (unpaired) electrons. The second kappa shape index (κ2) is 7.35. The first-order valence-electron chi connectivity index (χ1n) is 6.53. The van der Waals surface area contributed by atoms with Crippen LogP contribution in [0.25, 0.3) is 0 Å². The number of nitrogens with one attached hydrogen (secondary N) is 1. The molecule has 2 aromatic rings. The molecule has 116 valence electrons. The molecule has 1 aromatic carbocycles. The number of anilines is 1. The van der Waals surface area contributed by atoms with Crippen molar-refractivity contribution in [3.05, 3.63) is 48.2 Å². The topological polar surface area (TPSA) is 60.5 Å². The number of nitrogens with zero attached hydrogens (tertiary/aromatic N) is 1. The molecule has 0 bridgehead atoms. The zero-order valence-electron chi connectivity index (χ0n) is 11.8. The van der Waals surface area contributed by atoms with Gasteiger partial charge in [0, 0.05) is 24.0 Å². The van der Waals surface area contributed by atoms with E-state index in [0.717, 1.165) is 0 Å². The fourth-order valence-electron chi connectivity index (χ4n) is 1.70. The van der Waals surface area contributed by atoms with Crippen LogP contribution in [0.3, 0.4) is 0 Å². The van der Waals surface area contributed by atoms with Crippen molar-refractivity contribution < 1.29 is 23.0 Å². The molecule has 0 atom stereocenters. The Morgan fingerprint density at radius 2 is 2.14 bits per heavy atom. The molecule has 1 amide bonds. The fraction of sp³-hybridized carbons (Fsp3) is 0.200. The summed E-state index contributed by atoms with van der Waals surface area (Å²) in [5, 5.41) is 2.58. The molecular weight excluding hydrogens is 294 g/mol. The van der Waals surface area contributed by atoms with Gasteiger partial charge in [0.1, 0.15) is 5.75 Å². The molecule has 0 unspecified atom stereocenters. The van der Waals surface area contributed by atoms with E-state index >= 15 is 0 Å². The average molecular weight is 308 g/mol. The number of carbonyl (C=O) groups is 1. The first-order valence-corrected chi connectivity index (χ1v) is 6.53. The Bertz CT molecular complexity index is 633. The number of rotatable bonds is 6. The van der Waals surface area contributed by atoms with E-state index in [2.05, 4.69) is 15.0 Å². The lowest BCUT2D eigenvalue weighted by Crippen LogP contribution is -2.12. The van der Waals surface area contributed by atoms with Crippen LogP contribution in [0.15, 0.2) is 42.6 Å². The van der Waals surface area contributed by atoms with Crippen LogP contribution in [0.5, 0.6) is 11.6 Å². The monoisotopic (exact) mass is 308 g/mol. The summed E-state index contributed by atoms with van der Waals surface area (Å²) < 4.78 is 33.8. The second-order valence-electron chi connectivity index (χ2n) is 4.18. The number of carbonyl (C=O) groups excluding carboxylic acids is 1. The highest BCUT2D eigenvalue weighted by atomic mass is 19.3. The molecule has 1 N–H and O–H groups in total. The SMILES string of the molecule is CCOc1ccc(C(=O)Nc2cccc(OC(F)F)c2)cn1. The van der Waals surface area contributed by atoms with Crippen LogP contribution in [0.2, 0.25) is 0 Å². The minimum absolute atomic E-state index is 0.0300. The van der Waals surface area contributed by atoms with Crippen molar-refractivity contribution in [3.63, 3.8) is 0 Å². The summed E-state index contributed by atoms with van der Waals surface area (Å²) in [7, 11) is 0. The quantitative estimate of drug-likeness (QED) is 0.889. The maximum absolute atomic E-state index is 12.2. The molecule has 0 aliphatic heterocycles. The van der Waals surface area contributed by atoms with E-state index in [0.29, 0.717) is 23.7 Å². The molecule has 0 saturated carbocycles. The van der Waals surface area contributed by atoms with Crippen LogP contribution in [0.1, 0.15) is 17.3 Å². The number of hydrogen-bond acceptors (Lipinski definition) is 4. The van der Waals surface area contributed by atoms with Gasteiger partial charge >= 0.3 is 6.61 Å². The highest BCUT2D eigenvalue weighted by molar-refractivity contribution is 6.04. The standard InChI is InChI=1S/C15H14F2N2O3/c1-2-21-13-7-6-10(9-18-13)14(20)19-11-4-3-5-12(8-11)22-15(16)17/h3-9,15H,2H2,1H3,(H,19,20). The van der Waals surface area contributed by atoms with Gasteiger partial charge in [-0.1, -0.05) is 6.07 Å². The van der Waals surface area contributed by atoms with Crippen molar-refractivity contribution in [3.8, 4) is 11.6 Å². The van der Waals surface area contributed by atoms with Crippen LogP contribution in [0, 0.1) is 0 Å². The predicted molar refractivity (Wildman–Crippen MR) is 76.4 cm³/mol. The largest absolute Gasteiger partial charge is 0.478 e. The van der Waals surface area contributed by atoms with Gasteiger partial charge < -0.3 is 14.8 Å². The molecule has 0 aliphatic rings. The van der Waals surface area contributed by atoms with Crippen LogP contribution in [0.4, 0.5) is 14.5 Å². The molecule has 0 saturated heterocycles. The highest BCUT2D eigenvalue weighted by Gasteiger charge is 2.09. The molecule has 1 aromatic heterocycles. The maximum atomic E-state index is 12.2. The molecule has 0 spiro atoms. The average Bonchev–Trinajstić information content (AvgIpc) is 2.48. The van der Waals surface area contributed by atoms with Crippen molar-refractivity contribution in [2.24, 2.45) is 0 Å². The third kappa shape index (κ3) is 4.41. The van der Waals surface area contributed by atoms with Crippen molar-refractivity contribution in [2.75, 3.05) is 11.9 Å². The van der Waals surface area contributed by atoms with Crippen molar-refractivity contribution in [2.45, 2.75) is 13.5 Å². The smallest absolute Gasteiger partial charge is 0.387 e. The van der Waals surface area contributed by atoms with Gasteiger partial charge in [0.2, 0.25) is 5.88 Å². The van der Waals surface area contributed by atoms with E-state index in [4.69, 9.17) is 4.74 Å². The number of aromatic nitrogens is 1. The normalized spacial score (nSPS) is 10.4. The molecule has 0 fully saturated rings. The van der Waals surface area contributed by atoms with Crippen molar-refractivity contribution >= 4 is 11.6 Å². The Morgan fingerprint density at radius 1 is 1.32 bits per heavy atom.